The molecule has 0 unspecified atom stereocenters. The van der Waals surface area contributed by atoms with Crippen LogP contribution in [0.2, 0.25) is 0 Å². The lowest BCUT2D eigenvalue weighted by Crippen LogP contribution is -2.36. The summed E-state index contributed by atoms with van der Waals surface area (Å²) in [6.45, 7) is 9.62. The molecule has 2 aromatic rings. The van der Waals surface area contributed by atoms with Crippen LogP contribution < -0.4 is 5.32 Å². The van der Waals surface area contributed by atoms with Gasteiger partial charge in [0.2, 0.25) is 11.8 Å². The van der Waals surface area contributed by atoms with Gasteiger partial charge in [0.15, 0.2) is 0 Å². The quantitative estimate of drug-likeness (QED) is 0.725. The highest BCUT2D eigenvalue weighted by molar-refractivity contribution is 5.95. The van der Waals surface area contributed by atoms with Gasteiger partial charge in [-0.25, -0.2) is 4.39 Å². The molecule has 0 aliphatic carbocycles. The number of carbonyl (C=O) groups excluding carboxylic acids is 2. The third-order valence-electron chi connectivity index (χ3n) is 4.74. The van der Waals surface area contributed by atoms with E-state index in [0.29, 0.717) is 5.56 Å². The highest BCUT2D eigenvalue weighted by atomic mass is 19.1. The van der Waals surface area contributed by atoms with Crippen molar-refractivity contribution in [2.45, 2.75) is 53.0 Å². The fourth-order valence-electron chi connectivity index (χ4n) is 3.16. The monoisotopic (exact) mass is 384 g/mol. The van der Waals surface area contributed by atoms with Crippen LogP contribution in [-0.2, 0) is 16.1 Å². The van der Waals surface area contributed by atoms with Gasteiger partial charge >= 0.3 is 0 Å². The summed E-state index contributed by atoms with van der Waals surface area (Å²) < 4.78 is 13.9. The number of hydrogen-bond donors (Lipinski definition) is 1. The molecule has 5 heteroatoms. The van der Waals surface area contributed by atoms with E-state index >= 15 is 0 Å². The Bertz CT molecular complexity index is 820. The zero-order chi connectivity index (χ0) is 20.8. The topological polar surface area (TPSA) is 49.4 Å². The van der Waals surface area contributed by atoms with Gasteiger partial charge in [-0.05, 0) is 29.0 Å². The summed E-state index contributed by atoms with van der Waals surface area (Å²) >= 11 is 0. The van der Waals surface area contributed by atoms with Gasteiger partial charge in [-0.3, -0.25) is 9.59 Å². The van der Waals surface area contributed by atoms with E-state index in [1.54, 1.807) is 18.2 Å². The molecule has 1 N–H and O–H groups in total. The first-order chi connectivity index (χ1) is 13.2. The van der Waals surface area contributed by atoms with Crippen molar-refractivity contribution in [1.29, 1.82) is 0 Å². The molecule has 0 fully saturated rings. The number of rotatable bonds is 7. The van der Waals surface area contributed by atoms with Crippen LogP contribution in [0.1, 0.15) is 63.1 Å². The first-order valence-corrected chi connectivity index (χ1v) is 9.62. The van der Waals surface area contributed by atoms with E-state index < -0.39 is 0 Å². The lowest BCUT2D eigenvalue weighted by atomic mass is 9.92. The van der Waals surface area contributed by atoms with Crippen LogP contribution in [0.15, 0.2) is 42.5 Å². The number of carbonyl (C=O) groups is 2. The second-order valence-electron chi connectivity index (χ2n) is 7.64. The second-order valence-corrected chi connectivity index (χ2v) is 7.64. The number of amides is 2. The Hall–Kier alpha value is -2.69. The average Bonchev–Trinajstić information content (AvgIpc) is 2.62. The first kappa shape index (κ1) is 21.6. The Kier molecular flexibility index (Phi) is 7.32. The van der Waals surface area contributed by atoms with Crippen molar-refractivity contribution in [2.24, 2.45) is 0 Å². The molecular weight excluding hydrogens is 355 g/mol. The van der Waals surface area contributed by atoms with Gasteiger partial charge in [0, 0.05) is 24.7 Å². The molecule has 0 saturated heterocycles. The van der Waals surface area contributed by atoms with Gasteiger partial charge in [0.25, 0.3) is 0 Å². The lowest BCUT2D eigenvalue weighted by Gasteiger charge is -2.23. The Morgan fingerprint density at radius 1 is 0.964 bits per heavy atom. The fourth-order valence-corrected chi connectivity index (χ4v) is 3.16. The fraction of sp³-hybridized carbons (Fsp3) is 0.391. The molecule has 2 rings (SSSR count). The van der Waals surface area contributed by atoms with E-state index in [1.165, 1.54) is 17.9 Å². The van der Waals surface area contributed by atoms with Crippen LogP contribution >= 0.6 is 0 Å². The van der Waals surface area contributed by atoms with Crippen molar-refractivity contribution in [3.63, 3.8) is 0 Å². The van der Waals surface area contributed by atoms with Crippen molar-refractivity contribution in [3.05, 3.63) is 65.0 Å². The molecular formula is C23H29FN2O2. The number of para-hydroxylation sites is 1. The molecule has 0 atom stereocenters. The summed E-state index contributed by atoms with van der Waals surface area (Å²) in [5.74, 6) is -0.463. The maximum atomic E-state index is 13.9. The Morgan fingerprint density at radius 2 is 1.54 bits per heavy atom. The molecule has 0 heterocycles. The molecule has 0 aliphatic rings. The van der Waals surface area contributed by atoms with Crippen molar-refractivity contribution >= 4 is 17.5 Å². The second kappa shape index (κ2) is 9.49. The van der Waals surface area contributed by atoms with Crippen LogP contribution in [-0.4, -0.2) is 23.3 Å². The summed E-state index contributed by atoms with van der Waals surface area (Å²) in [6.07, 6.45) is 0. The first-order valence-electron chi connectivity index (χ1n) is 9.62. The summed E-state index contributed by atoms with van der Waals surface area (Å²) in [6, 6.07) is 12.3. The van der Waals surface area contributed by atoms with Crippen molar-refractivity contribution in [3.8, 4) is 0 Å². The molecule has 28 heavy (non-hydrogen) atoms. The van der Waals surface area contributed by atoms with Gasteiger partial charge in [-0.1, -0.05) is 64.1 Å². The van der Waals surface area contributed by atoms with Crippen LogP contribution in [0.4, 0.5) is 10.1 Å². The van der Waals surface area contributed by atoms with Gasteiger partial charge in [0.1, 0.15) is 12.4 Å². The predicted molar refractivity (Wildman–Crippen MR) is 111 cm³/mol. The number of halogens is 1. The van der Waals surface area contributed by atoms with Crippen LogP contribution in [0, 0.1) is 5.82 Å². The van der Waals surface area contributed by atoms with Crippen LogP contribution in [0.3, 0.4) is 0 Å². The third-order valence-corrected chi connectivity index (χ3v) is 4.74. The molecule has 0 spiro atoms. The molecule has 150 valence electrons. The molecule has 0 aliphatic heterocycles. The van der Waals surface area contributed by atoms with E-state index in [4.69, 9.17) is 0 Å². The van der Waals surface area contributed by atoms with Gasteiger partial charge in [-0.15, -0.1) is 0 Å². The van der Waals surface area contributed by atoms with E-state index in [9.17, 15) is 14.0 Å². The van der Waals surface area contributed by atoms with Crippen molar-refractivity contribution < 1.29 is 14.0 Å². The van der Waals surface area contributed by atoms with Crippen LogP contribution in [0.25, 0.3) is 0 Å². The standard InChI is InChI=1S/C23H29FN2O2/c1-15(2)19-10-8-11-20(16(3)4)23(19)25-22(28)14-26(17(5)27)13-18-9-6-7-12-21(18)24/h6-12,15-16H,13-14H2,1-5H3,(H,25,28). The minimum atomic E-state index is -0.388. The minimum Gasteiger partial charge on any atom is -0.329 e. The smallest absolute Gasteiger partial charge is 0.244 e. The summed E-state index contributed by atoms with van der Waals surface area (Å²) in [7, 11) is 0. The Balaban J connectivity index is 2.22. The highest BCUT2D eigenvalue weighted by Crippen LogP contribution is 2.32. The van der Waals surface area contributed by atoms with E-state index in [0.717, 1.165) is 16.8 Å². The zero-order valence-corrected chi connectivity index (χ0v) is 17.3. The van der Waals surface area contributed by atoms with Gasteiger partial charge in [-0.2, -0.15) is 0 Å². The molecule has 0 aromatic heterocycles. The van der Waals surface area contributed by atoms with E-state index in [2.05, 4.69) is 33.0 Å². The maximum absolute atomic E-state index is 13.9. The molecule has 0 bridgehead atoms. The summed E-state index contributed by atoms with van der Waals surface area (Å²) in [4.78, 5) is 26.1. The van der Waals surface area contributed by atoms with Gasteiger partial charge in [0.05, 0.1) is 0 Å². The number of nitrogens with zero attached hydrogens (tertiary/aromatic N) is 1. The highest BCUT2D eigenvalue weighted by Gasteiger charge is 2.19. The number of hydrogen-bond acceptors (Lipinski definition) is 2. The molecule has 0 saturated carbocycles. The average molecular weight is 384 g/mol. The largest absolute Gasteiger partial charge is 0.329 e. The number of nitrogens with one attached hydrogen (secondary N) is 1. The molecule has 0 radical (unpaired) electrons. The normalized spacial score (nSPS) is 11.0. The van der Waals surface area contributed by atoms with Crippen molar-refractivity contribution in [2.75, 3.05) is 11.9 Å². The molecule has 2 amide bonds. The van der Waals surface area contributed by atoms with Gasteiger partial charge < -0.3 is 10.2 Å². The Morgan fingerprint density at radius 3 is 2.04 bits per heavy atom. The zero-order valence-electron chi connectivity index (χ0n) is 17.3. The summed E-state index contributed by atoms with van der Waals surface area (Å²) in [5, 5.41) is 3.00. The van der Waals surface area contributed by atoms with E-state index in [1.807, 2.05) is 18.2 Å². The Labute approximate surface area is 166 Å². The summed E-state index contributed by atoms with van der Waals surface area (Å²) in [5.41, 5.74) is 3.31. The lowest BCUT2D eigenvalue weighted by molar-refractivity contribution is -0.133. The molecule has 2 aromatic carbocycles. The molecule has 4 nitrogen and oxygen atoms in total. The van der Waals surface area contributed by atoms with Crippen LogP contribution in [0.5, 0.6) is 0 Å². The SMILES string of the molecule is CC(=O)N(CC(=O)Nc1c(C(C)C)cccc1C(C)C)Cc1ccccc1F. The number of anilines is 1. The van der Waals surface area contributed by atoms with Crippen molar-refractivity contribution in [1.82, 2.24) is 4.90 Å². The predicted octanol–water partition coefficient (Wildman–Crippen LogP) is 5.06. The third kappa shape index (κ3) is 5.41. The van der Waals surface area contributed by atoms with E-state index in [-0.39, 0.29) is 42.6 Å². The minimum absolute atomic E-state index is 0.0539. The maximum Gasteiger partial charge on any atom is 0.244 e. The number of benzene rings is 2.